The summed E-state index contributed by atoms with van der Waals surface area (Å²) in [5.74, 6) is 1.69. The number of nitrogens with zero attached hydrogens (tertiary/aromatic N) is 5. The first-order valence-electron chi connectivity index (χ1n) is 9.95. The van der Waals surface area contributed by atoms with E-state index < -0.39 is 0 Å². The highest BCUT2D eigenvalue weighted by Crippen LogP contribution is 2.22. The lowest BCUT2D eigenvalue weighted by Gasteiger charge is -2.35. The van der Waals surface area contributed by atoms with Gasteiger partial charge in [0, 0.05) is 58.5 Å². The van der Waals surface area contributed by atoms with E-state index in [9.17, 15) is 4.79 Å². The Morgan fingerprint density at radius 2 is 2.07 bits per heavy atom. The van der Waals surface area contributed by atoms with E-state index in [1.165, 1.54) is 0 Å². The summed E-state index contributed by atoms with van der Waals surface area (Å²) in [4.78, 5) is 20.6. The molecule has 2 fully saturated rings. The monoisotopic (exact) mass is 504 g/mol. The van der Waals surface area contributed by atoms with Crippen molar-refractivity contribution in [2.45, 2.75) is 32.8 Å². The van der Waals surface area contributed by atoms with E-state index in [4.69, 9.17) is 9.73 Å². The Bertz CT molecular complexity index is 657. The van der Waals surface area contributed by atoms with Gasteiger partial charge in [0.2, 0.25) is 5.91 Å². The number of likely N-dealkylation sites (tertiary alicyclic amines) is 1. The first kappa shape index (κ1) is 22.9. The van der Waals surface area contributed by atoms with Crippen LogP contribution in [0, 0.1) is 5.92 Å². The summed E-state index contributed by atoms with van der Waals surface area (Å²) < 4.78 is 7.76. The van der Waals surface area contributed by atoms with E-state index in [0.717, 1.165) is 63.6 Å². The number of amides is 1. The van der Waals surface area contributed by atoms with Gasteiger partial charge in [-0.2, -0.15) is 5.10 Å². The third-order valence-electron chi connectivity index (χ3n) is 5.36. The van der Waals surface area contributed by atoms with Gasteiger partial charge >= 0.3 is 0 Å². The van der Waals surface area contributed by atoms with Crippen LogP contribution in [0.4, 0.5) is 0 Å². The quantitative estimate of drug-likeness (QED) is 0.384. The molecule has 0 radical (unpaired) electrons. The molecule has 158 valence electrons. The SMILES string of the molecule is CCNC(=NCC1CCN(C(C)=O)CC1)N1CCOC(c2cnn(C)c2)C1.I. The lowest BCUT2D eigenvalue weighted by atomic mass is 9.97. The smallest absolute Gasteiger partial charge is 0.219 e. The van der Waals surface area contributed by atoms with Gasteiger partial charge in [0.1, 0.15) is 6.10 Å². The fourth-order valence-electron chi connectivity index (χ4n) is 3.72. The second kappa shape index (κ2) is 11.0. The van der Waals surface area contributed by atoms with Crippen LogP contribution in [0.25, 0.3) is 0 Å². The van der Waals surface area contributed by atoms with E-state index >= 15 is 0 Å². The molecular weight excluding hydrogens is 471 g/mol. The van der Waals surface area contributed by atoms with Crippen LogP contribution < -0.4 is 5.32 Å². The van der Waals surface area contributed by atoms with Crippen LogP contribution in [-0.4, -0.2) is 77.3 Å². The number of carbonyl (C=O) groups excluding carboxylic acids is 1. The number of hydrogen-bond acceptors (Lipinski definition) is 4. The molecule has 1 amide bonds. The molecule has 2 saturated heterocycles. The molecule has 1 atom stereocenters. The minimum atomic E-state index is 0. The maximum atomic E-state index is 11.5. The molecule has 1 unspecified atom stereocenters. The highest BCUT2D eigenvalue weighted by Gasteiger charge is 2.26. The van der Waals surface area contributed by atoms with Gasteiger partial charge in [0.15, 0.2) is 5.96 Å². The topological polar surface area (TPSA) is 75.0 Å². The normalized spacial score (nSPS) is 21.4. The lowest BCUT2D eigenvalue weighted by Crippen LogP contribution is -2.48. The molecule has 0 aromatic carbocycles. The van der Waals surface area contributed by atoms with Gasteiger partial charge in [-0.3, -0.25) is 14.5 Å². The van der Waals surface area contributed by atoms with Crippen molar-refractivity contribution in [3.8, 4) is 0 Å². The number of carbonyl (C=O) groups is 1. The molecule has 1 aromatic rings. The summed E-state index contributed by atoms with van der Waals surface area (Å²) in [6.07, 6.45) is 5.98. The first-order chi connectivity index (χ1) is 13.1. The fourth-order valence-corrected chi connectivity index (χ4v) is 3.72. The van der Waals surface area contributed by atoms with Gasteiger partial charge in [-0.1, -0.05) is 0 Å². The van der Waals surface area contributed by atoms with Gasteiger partial charge in [-0.25, -0.2) is 0 Å². The Hall–Kier alpha value is -1.36. The zero-order valence-electron chi connectivity index (χ0n) is 17.1. The zero-order chi connectivity index (χ0) is 19.2. The van der Waals surface area contributed by atoms with Gasteiger partial charge in [-0.05, 0) is 25.7 Å². The molecule has 1 aromatic heterocycles. The van der Waals surface area contributed by atoms with Crippen LogP contribution in [0.5, 0.6) is 0 Å². The van der Waals surface area contributed by atoms with Crippen molar-refractivity contribution >= 4 is 35.8 Å². The molecule has 8 nitrogen and oxygen atoms in total. The molecule has 1 N–H and O–H groups in total. The Labute approximate surface area is 184 Å². The van der Waals surface area contributed by atoms with Crippen molar-refractivity contribution in [1.29, 1.82) is 0 Å². The lowest BCUT2D eigenvalue weighted by molar-refractivity contribution is -0.130. The number of aryl methyl sites for hydroxylation is 1. The molecule has 0 saturated carbocycles. The maximum Gasteiger partial charge on any atom is 0.219 e. The Morgan fingerprint density at radius 3 is 2.68 bits per heavy atom. The number of piperidine rings is 1. The number of rotatable bonds is 4. The highest BCUT2D eigenvalue weighted by atomic mass is 127. The number of halogens is 1. The Morgan fingerprint density at radius 1 is 1.32 bits per heavy atom. The molecule has 3 heterocycles. The molecule has 9 heteroatoms. The van der Waals surface area contributed by atoms with Crippen molar-refractivity contribution < 1.29 is 9.53 Å². The van der Waals surface area contributed by atoms with Crippen molar-refractivity contribution in [2.75, 3.05) is 45.9 Å². The molecule has 28 heavy (non-hydrogen) atoms. The molecule has 0 bridgehead atoms. The van der Waals surface area contributed by atoms with E-state index in [1.807, 2.05) is 29.0 Å². The van der Waals surface area contributed by atoms with Crippen LogP contribution >= 0.6 is 24.0 Å². The van der Waals surface area contributed by atoms with Crippen molar-refractivity contribution in [1.82, 2.24) is 24.9 Å². The second-order valence-electron chi connectivity index (χ2n) is 7.40. The summed E-state index contributed by atoms with van der Waals surface area (Å²) in [6, 6.07) is 0. The van der Waals surface area contributed by atoms with Gasteiger partial charge < -0.3 is 19.9 Å². The average molecular weight is 504 g/mol. The highest BCUT2D eigenvalue weighted by molar-refractivity contribution is 14.0. The summed E-state index contributed by atoms with van der Waals surface area (Å²) in [6.45, 7) is 9.41. The number of hydrogen-bond donors (Lipinski definition) is 1. The van der Waals surface area contributed by atoms with E-state index in [-0.39, 0.29) is 36.0 Å². The maximum absolute atomic E-state index is 11.5. The van der Waals surface area contributed by atoms with E-state index in [0.29, 0.717) is 12.5 Å². The Kier molecular flexibility index (Phi) is 9.00. The number of ether oxygens (including phenoxy) is 1. The molecule has 2 aliphatic rings. The van der Waals surface area contributed by atoms with Crippen LogP contribution in [-0.2, 0) is 16.6 Å². The third kappa shape index (κ3) is 6.07. The average Bonchev–Trinajstić information content (AvgIpc) is 3.12. The van der Waals surface area contributed by atoms with Gasteiger partial charge in [0.05, 0.1) is 19.3 Å². The number of aromatic nitrogens is 2. The minimum absolute atomic E-state index is 0. The summed E-state index contributed by atoms with van der Waals surface area (Å²) in [5, 5.41) is 7.69. The molecule has 0 aliphatic carbocycles. The standard InChI is InChI=1S/C19H32N6O2.HI/c1-4-20-19(21-11-16-5-7-24(8-6-16)15(2)26)25-9-10-27-18(14-25)17-12-22-23(3)13-17;/h12-13,16,18H,4-11,14H2,1-3H3,(H,20,21);1H. The number of guanidine groups is 1. The largest absolute Gasteiger partial charge is 0.370 e. The number of nitrogens with one attached hydrogen (secondary N) is 1. The van der Waals surface area contributed by atoms with E-state index in [1.54, 1.807) is 6.92 Å². The minimum Gasteiger partial charge on any atom is -0.370 e. The van der Waals surface area contributed by atoms with Crippen LogP contribution in [0.2, 0.25) is 0 Å². The fraction of sp³-hybridized carbons (Fsp3) is 0.737. The number of aliphatic imine (C=N–C) groups is 1. The predicted octanol–water partition coefficient (Wildman–Crippen LogP) is 1.64. The second-order valence-corrected chi connectivity index (χ2v) is 7.40. The summed E-state index contributed by atoms with van der Waals surface area (Å²) in [5.41, 5.74) is 1.11. The van der Waals surface area contributed by atoms with Crippen molar-refractivity contribution in [3.05, 3.63) is 18.0 Å². The molecular formula is C19H33IN6O2. The van der Waals surface area contributed by atoms with Crippen molar-refractivity contribution in [3.63, 3.8) is 0 Å². The predicted molar refractivity (Wildman–Crippen MR) is 120 cm³/mol. The van der Waals surface area contributed by atoms with Gasteiger partial charge in [0.25, 0.3) is 0 Å². The van der Waals surface area contributed by atoms with Crippen LogP contribution in [0.1, 0.15) is 38.4 Å². The Balaban J connectivity index is 0.00000280. The summed E-state index contributed by atoms with van der Waals surface area (Å²) >= 11 is 0. The van der Waals surface area contributed by atoms with Crippen LogP contribution in [0.3, 0.4) is 0 Å². The third-order valence-corrected chi connectivity index (χ3v) is 5.36. The molecule has 2 aliphatic heterocycles. The zero-order valence-corrected chi connectivity index (χ0v) is 19.5. The van der Waals surface area contributed by atoms with E-state index in [2.05, 4.69) is 22.2 Å². The van der Waals surface area contributed by atoms with Crippen LogP contribution in [0.15, 0.2) is 17.4 Å². The van der Waals surface area contributed by atoms with Gasteiger partial charge in [-0.15, -0.1) is 24.0 Å². The summed E-state index contributed by atoms with van der Waals surface area (Å²) in [7, 11) is 1.92. The van der Waals surface area contributed by atoms with Crippen molar-refractivity contribution in [2.24, 2.45) is 18.0 Å². The molecule has 3 rings (SSSR count). The first-order valence-corrected chi connectivity index (χ1v) is 9.95. The number of morpholine rings is 1. The molecule has 0 spiro atoms.